The molecule has 0 saturated carbocycles. The summed E-state index contributed by atoms with van der Waals surface area (Å²) >= 11 is 5.15. The number of aromatic nitrogens is 4. The lowest BCUT2D eigenvalue weighted by molar-refractivity contribution is 0.756. The van der Waals surface area contributed by atoms with Crippen molar-refractivity contribution in [2.75, 3.05) is 0 Å². The van der Waals surface area contributed by atoms with Gasteiger partial charge in [-0.3, -0.25) is 14.3 Å². The lowest BCUT2D eigenvalue weighted by Crippen LogP contribution is -2.22. The fourth-order valence-corrected chi connectivity index (χ4v) is 2.32. The van der Waals surface area contributed by atoms with Crippen LogP contribution < -0.4 is 5.56 Å². The number of aryl methyl sites for hydroxylation is 1. The Morgan fingerprint density at radius 1 is 1.35 bits per heavy atom. The third-order valence-electron chi connectivity index (χ3n) is 2.84. The van der Waals surface area contributed by atoms with E-state index in [1.807, 2.05) is 31.2 Å². The smallest absolute Gasteiger partial charge is 0.296 e. The molecular weight excluding hydrogens is 236 g/mol. The highest BCUT2D eigenvalue weighted by atomic mass is 32.1. The predicted molar refractivity (Wildman–Crippen MR) is 67.8 cm³/mol. The van der Waals surface area contributed by atoms with Crippen molar-refractivity contribution in [2.45, 2.75) is 13.5 Å². The first-order chi connectivity index (χ1) is 8.24. The first kappa shape index (κ1) is 10.2. The molecule has 1 N–H and O–H groups in total. The van der Waals surface area contributed by atoms with Gasteiger partial charge in [0, 0.05) is 6.54 Å². The van der Waals surface area contributed by atoms with Crippen LogP contribution in [-0.4, -0.2) is 19.2 Å². The molecule has 0 aliphatic heterocycles. The van der Waals surface area contributed by atoms with Crippen LogP contribution in [0.4, 0.5) is 0 Å². The summed E-state index contributed by atoms with van der Waals surface area (Å²) in [5.74, 6) is 0. The second-order valence-corrected chi connectivity index (χ2v) is 4.11. The highest BCUT2D eigenvalue weighted by molar-refractivity contribution is 7.71. The third kappa shape index (κ3) is 1.27. The van der Waals surface area contributed by atoms with E-state index in [-0.39, 0.29) is 5.56 Å². The fourth-order valence-electron chi connectivity index (χ4n) is 2.09. The molecule has 2 aromatic heterocycles. The molecule has 0 radical (unpaired) electrons. The fraction of sp³-hybridized carbons (Fsp3) is 0.182. The highest BCUT2D eigenvalue weighted by Gasteiger charge is 2.11. The standard InChI is InChI=1S/C11H10N4OS/c1-2-14-7-5-3-4-6-8(7)15-9(10(14)16)12-13-11(15)17/h3-6H,2H2,1H3,(H,13,17). The number of para-hydroxylation sites is 2. The number of rotatable bonds is 1. The molecule has 0 aliphatic carbocycles. The lowest BCUT2D eigenvalue weighted by atomic mass is 10.3. The maximum absolute atomic E-state index is 12.2. The number of nitrogens with zero attached hydrogens (tertiary/aromatic N) is 3. The van der Waals surface area contributed by atoms with Gasteiger partial charge in [-0.1, -0.05) is 12.1 Å². The Morgan fingerprint density at radius 3 is 2.76 bits per heavy atom. The van der Waals surface area contributed by atoms with E-state index >= 15 is 0 Å². The zero-order valence-corrected chi connectivity index (χ0v) is 9.99. The van der Waals surface area contributed by atoms with Crippen LogP contribution >= 0.6 is 12.2 Å². The van der Waals surface area contributed by atoms with E-state index in [9.17, 15) is 4.79 Å². The average molecular weight is 246 g/mol. The van der Waals surface area contributed by atoms with Gasteiger partial charge in [0.2, 0.25) is 5.65 Å². The summed E-state index contributed by atoms with van der Waals surface area (Å²) in [6.07, 6.45) is 0. The number of hydrogen-bond donors (Lipinski definition) is 1. The monoisotopic (exact) mass is 246 g/mol. The minimum Gasteiger partial charge on any atom is -0.304 e. The minimum absolute atomic E-state index is 0.126. The summed E-state index contributed by atoms with van der Waals surface area (Å²) < 4.78 is 3.82. The van der Waals surface area contributed by atoms with Crippen LogP contribution in [0.5, 0.6) is 0 Å². The average Bonchev–Trinajstić information content (AvgIpc) is 2.73. The van der Waals surface area contributed by atoms with Gasteiger partial charge in [-0.25, -0.2) is 0 Å². The number of benzene rings is 1. The zero-order chi connectivity index (χ0) is 12.0. The van der Waals surface area contributed by atoms with Crippen LogP contribution in [-0.2, 0) is 6.54 Å². The molecule has 0 amide bonds. The molecule has 0 spiro atoms. The van der Waals surface area contributed by atoms with Crippen LogP contribution in [0.15, 0.2) is 29.1 Å². The van der Waals surface area contributed by atoms with Gasteiger partial charge in [0.05, 0.1) is 11.0 Å². The Morgan fingerprint density at radius 2 is 2.06 bits per heavy atom. The summed E-state index contributed by atoms with van der Waals surface area (Å²) in [5, 5.41) is 6.65. The van der Waals surface area contributed by atoms with Crippen molar-refractivity contribution < 1.29 is 0 Å². The Kier molecular flexibility index (Phi) is 2.12. The van der Waals surface area contributed by atoms with Gasteiger partial charge in [-0.15, -0.1) is 5.10 Å². The molecule has 0 aliphatic rings. The molecule has 0 unspecified atom stereocenters. The molecule has 0 bridgehead atoms. The molecule has 6 heteroatoms. The first-order valence-corrected chi connectivity index (χ1v) is 5.73. The van der Waals surface area contributed by atoms with Gasteiger partial charge in [-0.2, -0.15) is 0 Å². The van der Waals surface area contributed by atoms with Crippen LogP contribution in [0.25, 0.3) is 16.7 Å². The maximum atomic E-state index is 12.2. The Bertz CT molecular complexity index is 827. The molecule has 17 heavy (non-hydrogen) atoms. The summed E-state index contributed by atoms with van der Waals surface area (Å²) in [7, 11) is 0. The number of H-pyrrole nitrogens is 1. The van der Waals surface area contributed by atoms with Crippen molar-refractivity contribution in [3.8, 4) is 0 Å². The van der Waals surface area contributed by atoms with E-state index in [2.05, 4.69) is 10.2 Å². The number of fused-ring (bicyclic) bond motifs is 3. The third-order valence-corrected chi connectivity index (χ3v) is 3.11. The van der Waals surface area contributed by atoms with Crippen molar-refractivity contribution in [3.05, 3.63) is 39.4 Å². The van der Waals surface area contributed by atoms with Gasteiger partial charge < -0.3 is 4.57 Å². The summed E-state index contributed by atoms with van der Waals surface area (Å²) in [5.41, 5.74) is 1.97. The number of aromatic amines is 1. The Hall–Kier alpha value is -1.95. The van der Waals surface area contributed by atoms with Gasteiger partial charge in [-0.05, 0) is 31.3 Å². The van der Waals surface area contributed by atoms with E-state index in [0.29, 0.717) is 17.0 Å². The second kappa shape index (κ2) is 3.53. The van der Waals surface area contributed by atoms with Gasteiger partial charge >= 0.3 is 0 Å². The second-order valence-electron chi connectivity index (χ2n) is 3.73. The molecular formula is C11H10N4OS. The number of hydrogen-bond acceptors (Lipinski definition) is 3. The molecule has 3 aromatic rings. The van der Waals surface area contributed by atoms with Crippen LogP contribution in [0, 0.1) is 4.77 Å². The predicted octanol–water partition coefficient (Wildman–Crippen LogP) is 1.73. The Balaban J connectivity index is 2.76. The summed E-state index contributed by atoms with van der Waals surface area (Å²) in [4.78, 5) is 12.2. The lowest BCUT2D eigenvalue weighted by Gasteiger charge is -2.08. The quantitative estimate of drug-likeness (QED) is 0.665. The van der Waals surface area contributed by atoms with E-state index in [1.165, 1.54) is 0 Å². The van der Waals surface area contributed by atoms with E-state index in [0.717, 1.165) is 11.0 Å². The van der Waals surface area contributed by atoms with Gasteiger partial charge in [0.25, 0.3) is 5.56 Å². The largest absolute Gasteiger partial charge is 0.304 e. The molecule has 0 atom stereocenters. The van der Waals surface area contributed by atoms with Crippen molar-refractivity contribution in [1.29, 1.82) is 0 Å². The van der Waals surface area contributed by atoms with Crippen LogP contribution in [0.2, 0.25) is 0 Å². The summed E-state index contributed by atoms with van der Waals surface area (Å²) in [6, 6.07) is 7.66. The molecule has 5 nitrogen and oxygen atoms in total. The van der Waals surface area contributed by atoms with E-state index < -0.39 is 0 Å². The minimum atomic E-state index is -0.126. The van der Waals surface area contributed by atoms with Crippen molar-refractivity contribution in [1.82, 2.24) is 19.2 Å². The molecule has 0 fully saturated rings. The van der Waals surface area contributed by atoms with Crippen molar-refractivity contribution in [3.63, 3.8) is 0 Å². The SMILES string of the molecule is CCn1c(=O)c2n[nH]c(=S)n2c2ccccc21. The molecule has 1 aromatic carbocycles. The zero-order valence-electron chi connectivity index (χ0n) is 9.17. The van der Waals surface area contributed by atoms with Crippen LogP contribution in [0.1, 0.15) is 6.92 Å². The molecule has 2 heterocycles. The van der Waals surface area contributed by atoms with E-state index in [1.54, 1.807) is 8.97 Å². The summed E-state index contributed by atoms with van der Waals surface area (Å²) in [6.45, 7) is 2.54. The maximum Gasteiger partial charge on any atom is 0.296 e. The number of nitrogens with one attached hydrogen (secondary N) is 1. The molecule has 86 valence electrons. The van der Waals surface area contributed by atoms with E-state index in [4.69, 9.17) is 12.2 Å². The normalized spacial score (nSPS) is 11.4. The topological polar surface area (TPSA) is 55.1 Å². The Labute approximate surface area is 101 Å². The first-order valence-electron chi connectivity index (χ1n) is 5.32. The highest BCUT2D eigenvalue weighted by Crippen LogP contribution is 2.13. The molecule has 3 rings (SSSR count). The molecule has 0 saturated heterocycles. The van der Waals surface area contributed by atoms with Gasteiger partial charge in [0.1, 0.15) is 0 Å². The van der Waals surface area contributed by atoms with Crippen molar-refractivity contribution in [2.24, 2.45) is 0 Å². The van der Waals surface area contributed by atoms with Gasteiger partial charge in [0.15, 0.2) is 4.77 Å². The van der Waals surface area contributed by atoms with Crippen molar-refractivity contribution >= 4 is 28.9 Å². The van der Waals surface area contributed by atoms with Crippen LogP contribution in [0.3, 0.4) is 0 Å².